The highest BCUT2D eigenvalue weighted by molar-refractivity contribution is 6.66. The summed E-state index contributed by atoms with van der Waals surface area (Å²) in [5.74, 6) is 0. The molecule has 0 aromatic heterocycles. The highest BCUT2D eigenvalue weighted by Crippen LogP contribution is 2.20. The summed E-state index contributed by atoms with van der Waals surface area (Å²) in [6, 6.07) is 0. The van der Waals surface area contributed by atoms with E-state index in [0.717, 1.165) is 19.8 Å². The van der Waals surface area contributed by atoms with E-state index in [1.54, 1.807) is 0 Å². The Balaban J connectivity index is 4.33. The number of unbranched alkanes of at least 4 members (excludes halogenated alkanes) is 1. The molecular weight excluding hydrogens is 206 g/mol. The topological polar surface area (TPSA) is 30.5 Å². The number of nitrogens with one attached hydrogen (secondary N) is 1. The van der Waals surface area contributed by atoms with E-state index in [0.29, 0.717) is 5.54 Å². The van der Waals surface area contributed by atoms with Crippen LogP contribution in [0.1, 0.15) is 47.5 Å². The van der Waals surface area contributed by atoms with Crippen LogP contribution in [0.4, 0.5) is 0 Å². The maximum absolute atomic E-state index is 5.88. The summed E-state index contributed by atoms with van der Waals surface area (Å²) in [4.78, 5) is 3.53. The summed E-state index contributed by atoms with van der Waals surface area (Å²) in [6.07, 6.45) is 2.38. The van der Waals surface area contributed by atoms with Crippen molar-refractivity contribution in [2.45, 2.75) is 53.0 Å². The zero-order valence-corrected chi connectivity index (χ0v) is 11.9. The van der Waals surface area contributed by atoms with Gasteiger partial charge in [0.05, 0.1) is 0 Å². The fraction of sp³-hybridized carbons (Fsp3) is 1.00. The second-order valence-corrected chi connectivity index (χ2v) is 7.39. The normalized spacial score (nSPS) is 12.4. The predicted octanol–water partition coefficient (Wildman–Crippen LogP) is 2.80. The Kier molecular flexibility index (Phi) is 8.33. The maximum Gasteiger partial charge on any atom is 0.427 e. The van der Waals surface area contributed by atoms with Gasteiger partial charge in [0.1, 0.15) is 0 Å². The summed E-state index contributed by atoms with van der Waals surface area (Å²) < 4.78 is 11.8. The van der Waals surface area contributed by atoms with Gasteiger partial charge in [-0.05, 0) is 26.8 Å². The summed E-state index contributed by atoms with van der Waals surface area (Å²) in [6.45, 7) is 13.1. The van der Waals surface area contributed by atoms with Crippen LogP contribution in [0.15, 0.2) is 0 Å². The molecule has 0 fully saturated rings. The first-order valence-corrected chi connectivity index (χ1v) is 8.05. The summed E-state index contributed by atoms with van der Waals surface area (Å²) in [5, 5.41) is 0. The van der Waals surface area contributed by atoms with Crippen molar-refractivity contribution in [2.75, 3.05) is 19.8 Å². The lowest BCUT2D eigenvalue weighted by molar-refractivity contribution is 0.163. The smallest absolute Gasteiger partial charge is 0.383 e. The van der Waals surface area contributed by atoms with Crippen molar-refractivity contribution in [3.63, 3.8) is 0 Å². The largest absolute Gasteiger partial charge is 0.427 e. The summed E-state index contributed by atoms with van der Waals surface area (Å²) in [5.41, 5.74) is 0.439. The first-order chi connectivity index (χ1) is 7.13. The van der Waals surface area contributed by atoms with E-state index in [1.807, 2.05) is 13.8 Å². The Labute approximate surface area is 95.9 Å². The molecule has 0 aliphatic heterocycles. The quantitative estimate of drug-likeness (QED) is 0.491. The molecule has 4 heteroatoms. The Bertz CT molecular complexity index is 148. The van der Waals surface area contributed by atoms with Crippen LogP contribution >= 0.6 is 0 Å². The molecule has 0 spiro atoms. The first-order valence-electron chi connectivity index (χ1n) is 6.15. The van der Waals surface area contributed by atoms with Crippen molar-refractivity contribution in [3.05, 3.63) is 0 Å². The molecular formula is C11H27NO2Si. The minimum atomic E-state index is -2.16. The number of hydrogen-bond donors (Lipinski definition) is 1. The van der Waals surface area contributed by atoms with Crippen LogP contribution in [0.2, 0.25) is 5.54 Å². The molecule has 0 unspecified atom stereocenters. The van der Waals surface area contributed by atoms with Crippen LogP contribution in [0.5, 0.6) is 0 Å². The van der Waals surface area contributed by atoms with Gasteiger partial charge in [0, 0.05) is 18.8 Å². The van der Waals surface area contributed by atoms with Crippen molar-refractivity contribution in [1.29, 1.82) is 0 Å². The van der Waals surface area contributed by atoms with E-state index in [-0.39, 0.29) is 0 Å². The summed E-state index contributed by atoms with van der Waals surface area (Å²) >= 11 is 0. The van der Waals surface area contributed by atoms with E-state index in [1.165, 1.54) is 12.8 Å². The van der Waals surface area contributed by atoms with Gasteiger partial charge in [0.2, 0.25) is 0 Å². The van der Waals surface area contributed by atoms with E-state index in [4.69, 9.17) is 8.85 Å². The van der Waals surface area contributed by atoms with Gasteiger partial charge >= 0.3 is 8.72 Å². The average Bonchev–Trinajstić information content (AvgIpc) is 2.18. The maximum atomic E-state index is 5.88. The van der Waals surface area contributed by atoms with Gasteiger partial charge in [-0.15, -0.1) is 0 Å². The molecule has 0 saturated heterocycles. The molecule has 0 rings (SSSR count). The third-order valence-corrected chi connectivity index (χ3v) is 6.08. The second kappa shape index (κ2) is 8.27. The van der Waals surface area contributed by atoms with Gasteiger partial charge in [-0.1, -0.05) is 27.2 Å². The predicted molar refractivity (Wildman–Crippen MR) is 67.0 cm³/mol. The third kappa shape index (κ3) is 5.11. The Morgan fingerprint density at radius 3 is 1.93 bits per heavy atom. The van der Waals surface area contributed by atoms with Gasteiger partial charge in [-0.3, -0.25) is 4.98 Å². The highest BCUT2D eigenvalue weighted by Gasteiger charge is 2.41. The molecule has 1 N–H and O–H groups in total. The summed E-state index contributed by atoms with van der Waals surface area (Å²) in [7, 11) is -2.16. The van der Waals surface area contributed by atoms with Crippen molar-refractivity contribution in [3.8, 4) is 0 Å². The molecule has 0 saturated carbocycles. The molecule has 0 radical (unpaired) electrons. The molecule has 0 amide bonds. The van der Waals surface area contributed by atoms with Crippen molar-refractivity contribution < 1.29 is 8.85 Å². The zero-order chi connectivity index (χ0) is 11.7. The SMILES string of the molecule is CCCCN[Si](OCC)(OCC)C(C)C. The van der Waals surface area contributed by atoms with Crippen LogP contribution in [0.3, 0.4) is 0 Å². The monoisotopic (exact) mass is 233 g/mol. The average molecular weight is 233 g/mol. The van der Waals surface area contributed by atoms with Gasteiger partial charge in [0.15, 0.2) is 0 Å². The number of rotatable bonds is 9. The molecule has 0 aliphatic rings. The van der Waals surface area contributed by atoms with Crippen molar-refractivity contribution >= 4 is 8.72 Å². The van der Waals surface area contributed by atoms with Gasteiger partial charge in [-0.25, -0.2) is 0 Å². The fourth-order valence-electron chi connectivity index (χ4n) is 1.55. The molecule has 0 aromatic rings. The molecule has 92 valence electrons. The van der Waals surface area contributed by atoms with E-state index >= 15 is 0 Å². The molecule has 0 heterocycles. The second-order valence-electron chi connectivity index (χ2n) is 3.97. The number of hydrogen-bond acceptors (Lipinski definition) is 3. The van der Waals surface area contributed by atoms with Gasteiger partial charge in [-0.2, -0.15) is 0 Å². The molecule has 0 aliphatic carbocycles. The molecule has 0 bridgehead atoms. The Hall–Kier alpha value is 0.0969. The Morgan fingerprint density at radius 2 is 1.60 bits per heavy atom. The Morgan fingerprint density at radius 1 is 1.07 bits per heavy atom. The minimum absolute atomic E-state index is 0.439. The van der Waals surface area contributed by atoms with Crippen molar-refractivity contribution in [2.24, 2.45) is 0 Å². The van der Waals surface area contributed by atoms with Gasteiger partial charge < -0.3 is 8.85 Å². The van der Waals surface area contributed by atoms with Crippen LogP contribution in [0, 0.1) is 0 Å². The first kappa shape index (κ1) is 15.1. The molecule has 0 aromatic carbocycles. The lowest BCUT2D eigenvalue weighted by Gasteiger charge is -2.33. The molecule has 0 atom stereocenters. The van der Waals surface area contributed by atoms with E-state index in [2.05, 4.69) is 25.8 Å². The minimum Gasteiger partial charge on any atom is -0.383 e. The lowest BCUT2D eigenvalue weighted by atomic mass is 10.3. The lowest BCUT2D eigenvalue weighted by Crippen LogP contribution is -2.59. The van der Waals surface area contributed by atoms with Crippen LogP contribution in [0.25, 0.3) is 0 Å². The van der Waals surface area contributed by atoms with Gasteiger partial charge in [0.25, 0.3) is 0 Å². The van der Waals surface area contributed by atoms with E-state index < -0.39 is 8.72 Å². The highest BCUT2D eigenvalue weighted by atomic mass is 28.4. The third-order valence-electron chi connectivity index (χ3n) is 2.38. The standard InChI is InChI=1S/C11H27NO2Si/c1-6-9-10-12-15(11(4)5,13-7-2)14-8-3/h11-12H,6-10H2,1-5H3. The zero-order valence-electron chi connectivity index (χ0n) is 10.9. The van der Waals surface area contributed by atoms with Crippen LogP contribution in [-0.2, 0) is 8.85 Å². The van der Waals surface area contributed by atoms with Crippen LogP contribution in [-0.4, -0.2) is 28.5 Å². The van der Waals surface area contributed by atoms with E-state index in [9.17, 15) is 0 Å². The fourth-order valence-corrected chi connectivity index (χ4v) is 4.29. The van der Waals surface area contributed by atoms with Crippen molar-refractivity contribution in [1.82, 2.24) is 4.98 Å². The molecule has 15 heavy (non-hydrogen) atoms. The molecule has 3 nitrogen and oxygen atoms in total. The van der Waals surface area contributed by atoms with Crippen LogP contribution < -0.4 is 4.98 Å².